The van der Waals surface area contributed by atoms with Gasteiger partial charge in [-0.3, -0.25) is 0 Å². The second kappa shape index (κ2) is 3.99. The van der Waals surface area contributed by atoms with Crippen LogP contribution in [0.1, 0.15) is 24.4 Å². The molecule has 3 N–H and O–H groups in total. The maximum atomic E-state index is 5.79. The first kappa shape index (κ1) is 11.0. The second-order valence-corrected chi connectivity index (χ2v) is 4.57. The van der Waals surface area contributed by atoms with E-state index < -0.39 is 0 Å². The number of benzene rings is 1. The fourth-order valence-electron chi connectivity index (χ4n) is 2.23. The van der Waals surface area contributed by atoms with Gasteiger partial charge in [0.25, 0.3) is 0 Å². The van der Waals surface area contributed by atoms with Crippen LogP contribution >= 0.6 is 0 Å². The molecule has 0 amide bonds. The Bertz CT molecular complexity index is 694. The van der Waals surface area contributed by atoms with E-state index in [2.05, 4.69) is 22.3 Å². The first-order chi connectivity index (χ1) is 8.66. The van der Waals surface area contributed by atoms with Gasteiger partial charge in [-0.2, -0.15) is 0 Å². The molecular formula is C14H15N3O. The van der Waals surface area contributed by atoms with Crippen molar-refractivity contribution in [2.24, 2.45) is 5.73 Å². The van der Waals surface area contributed by atoms with E-state index in [0.29, 0.717) is 5.76 Å². The normalized spacial score (nSPS) is 13.1. The molecule has 3 aromatic rings. The Morgan fingerprint density at radius 2 is 2.11 bits per heavy atom. The molecule has 4 nitrogen and oxygen atoms in total. The molecule has 0 aliphatic carbocycles. The quantitative estimate of drug-likeness (QED) is 0.724. The average Bonchev–Trinajstić information content (AvgIpc) is 2.91. The molecule has 18 heavy (non-hydrogen) atoms. The van der Waals surface area contributed by atoms with Crippen molar-refractivity contribution in [2.45, 2.75) is 19.9 Å². The van der Waals surface area contributed by atoms with E-state index >= 15 is 0 Å². The molecule has 92 valence electrons. The summed E-state index contributed by atoms with van der Waals surface area (Å²) in [7, 11) is 0. The highest BCUT2D eigenvalue weighted by Crippen LogP contribution is 2.32. The molecule has 1 unspecified atom stereocenters. The summed E-state index contributed by atoms with van der Waals surface area (Å²) < 4.78 is 5.26. The van der Waals surface area contributed by atoms with Gasteiger partial charge in [0.15, 0.2) is 5.76 Å². The smallest absolute Gasteiger partial charge is 0.153 e. The van der Waals surface area contributed by atoms with Crippen LogP contribution in [-0.2, 0) is 0 Å². The number of nitrogens with two attached hydrogens (primary N) is 1. The van der Waals surface area contributed by atoms with Crippen molar-refractivity contribution in [1.82, 2.24) is 10.1 Å². The summed E-state index contributed by atoms with van der Waals surface area (Å²) in [6.45, 7) is 3.92. The van der Waals surface area contributed by atoms with Crippen LogP contribution in [0.15, 0.2) is 34.9 Å². The molecule has 0 bridgehead atoms. The minimum Gasteiger partial charge on any atom is -0.359 e. The van der Waals surface area contributed by atoms with Gasteiger partial charge in [-0.15, -0.1) is 0 Å². The van der Waals surface area contributed by atoms with Crippen LogP contribution in [0.4, 0.5) is 0 Å². The molecule has 0 aliphatic heterocycles. The molecule has 2 aromatic heterocycles. The molecule has 0 aliphatic rings. The number of aromatic amines is 1. The van der Waals surface area contributed by atoms with E-state index in [-0.39, 0.29) is 6.04 Å². The lowest BCUT2D eigenvalue weighted by atomic mass is 10.1. The largest absolute Gasteiger partial charge is 0.359 e. The van der Waals surface area contributed by atoms with E-state index in [1.807, 2.05) is 32.0 Å². The molecule has 4 heteroatoms. The summed E-state index contributed by atoms with van der Waals surface area (Å²) in [4.78, 5) is 3.35. The van der Waals surface area contributed by atoms with Crippen LogP contribution in [0.2, 0.25) is 0 Å². The van der Waals surface area contributed by atoms with Gasteiger partial charge in [0, 0.05) is 28.2 Å². The Hall–Kier alpha value is -2.07. The number of hydrogen-bond acceptors (Lipinski definition) is 3. The minimum atomic E-state index is -0.142. The van der Waals surface area contributed by atoms with Gasteiger partial charge in [0.05, 0.1) is 6.04 Å². The summed E-state index contributed by atoms with van der Waals surface area (Å²) in [5.74, 6) is 0.703. The SMILES string of the molecule is Cc1[nH]c2ccccc2c1-c1cc(C(C)N)on1. The standard InChI is InChI=1S/C14H15N3O/c1-8(15)13-7-12(17-18-13)14-9(2)16-11-6-4-3-5-10(11)14/h3-8,16H,15H2,1-2H3. The summed E-state index contributed by atoms with van der Waals surface area (Å²) in [5.41, 5.74) is 9.90. The van der Waals surface area contributed by atoms with Crippen molar-refractivity contribution in [3.63, 3.8) is 0 Å². The van der Waals surface area contributed by atoms with Crippen molar-refractivity contribution in [3.8, 4) is 11.3 Å². The Labute approximate surface area is 105 Å². The third-order valence-corrected chi connectivity index (χ3v) is 3.13. The Morgan fingerprint density at radius 1 is 1.33 bits per heavy atom. The van der Waals surface area contributed by atoms with Gasteiger partial charge in [-0.05, 0) is 19.9 Å². The van der Waals surface area contributed by atoms with Crippen molar-refractivity contribution >= 4 is 10.9 Å². The van der Waals surface area contributed by atoms with Gasteiger partial charge in [-0.25, -0.2) is 0 Å². The molecule has 0 spiro atoms. The van der Waals surface area contributed by atoms with Gasteiger partial charge in [0.1, 0.15) is 5.69 Å². The van der Waals surface area contributed by atoms with Gasteiger partial charge in [0.2, 0.25) is 0 Å². The number of rotatable bonds is 2. The lowest BCUT2D eigenvalue weighted by molar-refractivity contribution is 0.369. The zero-order valence-electron chi connectivity index (χ0n) is 10.4. The monoisotopic (exact) mass is 241 g/mol. The highest BCUT2D eigenvalue weighted by molar-refractivity contribution is 5.96. The predicted octanol–water partition coefficient (Wildman–Crippen LogP) is 3.15. The fourth-order valence-corrected chi connectivity index (χ4v) is 2.23. The minimum absolute atomic E-state index is 0.142. The Kier molecular flexibility index (Phi) is 2.45. The molecule has 3 rings (SSSR count). The highest BCUT2D eigenvalue weighted by atomic mass is 16.5. The Balaban J connectivity index is 2.21. The van der Waals surface area contributed by atoms with Crippen LogP contribution in [0.5, 0.6) is 0 Å². The van der Waals surface area contributed by atoms with Crippen LogP contribution in [0, 0.1) is 6.92 Å². The van der Waals surface area contributed by atoms with Crippen molar-refractivity contribution in [1.29, 1.82) is 0 Å². The molecule has 0 saturated heterocycles. The van der Waals surface area contributed by atoms with E-state index in [4.69, 9.17) is 10.3 Å². The molecular weight excluding hydrogens is 226 g/mol. The fraction of sp³-hybridized carbons (Fsp3) is 0.214. The van der Waals surface area contributed by atoms with E-state index in [1.165, 1.54) is 0 Å². The summed E-state index contributed by atoms with van der Waals surface area (Å²) in [6, 6.07) is 9.93. The number of nitrogens with one attached hydrogen (secondary N) is 1. The number of aryl methyl sites for hydroxylation is 1. The summed E-state index contributed by atoms with van der Waals surface area (Å²) in [5, 5.41) is 5.27. The van der Waals surface area contributed by atoms with Crippen LogP contribution in [0.3, 0.4) is 0 Å². The molecule has 0 fully saturated rings. The van der Waals surface area contributed by atoms with Crippen LogP contribution < -0.4 is 5.73 Å². The predicted molar refractivity (Wildman–Crippen MR) is 71.1 cm³/mol. The van der Waals surface area contributed by atoms with Crippen molar-refractivity contribution < 1.29 is 4.52 Å². The van der Waals surface area contributed by atoms with Crippen LogP contribution in [0.25, 0.3) is 22.2 Å². The summed E-state index contributed by atoms with van der Waals surface area (Å²) in [6.07, 6.45) is 0. The number of hydrogen-bond donors (Lipinski definition) is 2. The highest BCUT2D eigenvalue weighted by Gasteiger charge is 2.15. The van der Waals surface area contributed by atoms with E-state index in [0.717, 1.165) is 27.9 Å². The van der Waals surface area contributed by atoms with Gasteiger partial charge < -0.3 is 15.2 Å². The number of H-pyrrole nitrogens is 1. The first-order valence-corrected chi connectivity index (χ1v) is 5.96. The lowest BCUT2D eigenvalue weighted by Crippen LogP contribution is -2.02. The van der Waals surface area contributed by atoms with Gasteiger partial charge in [-0.1, -0.05) is 23.4 Å². The third kappa shape index (κ3) is 1.62. The summed E-state index contributed by atoms with van der Waals surface area (Å²) >= 11 is 0. The number of para-hydroxylation sites is 1. The molecule has 0 saturated carbocycles. The average molecular weight is 241 g/mol. The number of fused-ring (bicyclic) bond motifs is 1. The Morgan fingerprint density at radius 3 is 2.83 bits per heavy atom. The topological polar surface area (TPSA) is 67.8 Å². The van der Waals surface area contributed by atoms with Crippen molar-refractivity contribution in [3.05, 3.63) is 41.8 Å². The third-order valence-electron chi connectivity index (χ3n) is 3.13. The molecule has 1 atom stereocenters. The molecule has 1 aromatic carbocycles. The zero-order valence-corrected chi connectivity index (χ0v) is 10.4. The number of aromatic nitrogens is 2. The first-order valence-electron chi connectivity index (χ1n) is 5.96. The lowest BCUT2D eigenvalue weighted by Gasteiger charge is -1.95. The number of nitrogens with zero attached hydrogens (tertiary/aromatic N) is 1. The molecule has 0 radical (unpaired) electrons. The maximum Gasteiger partial charge on any atom is 0.153 e. The zero-order chi connectivity index (χ0) is 12.7. The van der Waals surface area contributed by atoms with Crippen molar-refractivity contribution in [2.75, 3.05) is 0 Å². The van der Waals surface area contributed by atoms with E-state index in [1.54, 1.807) is 0 Å². The van der Waals surface area contributed by atoms with Gasteiger partial charge >= 0.3 is 0 Å². The second-order valence-electron chi connectivity index (χ2n) is 4.57. The van der Waals surface area contributed by atoms with E-state index in [9.17, 15) is 0 Å². The molecule has 2 heterocycles. The maximum absolute atomic E-state index is 5.79. The van der Waals surface area contributed by atoms with Crippen LogP contribution in [-0.4, -0.2) is 10.1 Å².